The van der Waals surface area contributed by atoms with Gasteiger partial charge in [-0.15, -0.1) is 0 Å². The van der Waals surface area contributed by atoms with Gasteiger partial charge in [0.05, 0.1) is 11.4 Å². The third-order valence-electron chi connectivity index (χ3n) is 1.84. The number of rotatable bonds is 3. The van der Waals surface area contributed by atoms with Gasteiger partial charge in [-0.1, -0.05) is 0 Å². The van der Waals surface area contributed by atoms with E-state index in [2.05, 4.69) is 15.0 Å². The third kappa shape index (κ3) is 1.98. The second-order valence-corrected chi connectivity index (χ2v) is 2.87. The summed E-state index contributed by atoms with van der Waals surface area (Å²) in [4.78, 5) is 22.8. The van der Waals surface area contributed by atoms with Gasteiger partial charge in [-0.05, 0) is 0 Å². The molecule has 0 saturated carbocycles. The van der Waals surface area contributed by atoms with Crippen LogP contribution in [0.1, 0.15) is 21.9 Å². The highest BCUT2D eigenvalue weighted by Gasteiger charge is 2.11. The van der Waals surface area contributed by atoms with Crippen LogP contribution in [0.4, 0.5) is 0 Å². The lowest BCUT2D eigenvalue weighted by Crippen LogP contribution is -2.17. The summed E-state index contributed by atoms with van der Waals surface area (Å²) in [6.45, 7) is 0. The highest BCUT2D eigenvalue weighted by molar-refractivity contribution is 5.91. The molecule has 0 fully saturated rings. The first-order valence-electron chi connectivity index (χ1n) is 4.24. The number of amides is 1. The highest BCUT2D eigenvalue weighted by atomic mass is 16.3. The van der Waals surface area contributed by atoms with E-state index in [1.165, 1.54) is 25.1 Å². The number of nitrogens with zero attached hydrogens (tertiary/aromatic N) is 3. The molecule has 15 heavy (non-hydrogen) atoms. The first-order chi connectivity index (χ1) is 7.27. The van der Waals surface area contributed by atoms with Crippen molar-refractivity contribution in [1.29, 1.82) is 0 Å². The average Bonchev–Trinajstić information content (AvgIpc) is 2.71. The number of hydrogen-bond donors (Lipinski definition) is 1. The van der Waals surface area contributed by atoms with Crippen LogP contribution in [0.15, 0.2) is 29.5 Å². The Morgan fingerprint density at radius 2 is 2.13 bits per heavy atom. The zero-order chi connectivity index (χ0) is 10.7. The van der Waals surface area contributed by atoms with Gasteiger partial charge in [0.2, 0.25) is 0 Å². The monoisotopic (exact) mass is 204 g/mol. The van der Waals surface area contributed by atoms with Crippen LogP contribution in [0.3, 0.4) is 0 Å². The molecule has 6 heteroatoms. The van der Waals surface area contributed by atoms with Gasteiger partial charge in [0, 0.05) is 18.8 Å². The molecule has 6 nitrogen and oxygen atoms in total. The second-order valence-electron chi connectivity index (χ2n) is 2.87. The molecule has 0 aliphatic heterocycles. The summed E-state index contributed by atoms with van der Waals surface area (Å²) in [6, 6.07) is 0. The van der Waals surface area contributed by atoms with Gasteiger partial charge in [-0.3, -0.25) is 9.78 Å². The topological polar surface area (TPSA) is 94.9 Å². The first kappa shape index (κ1) is 9.32. The van der Waals surface area contributed by atoms with Crippen molar-refractivity contribution in [3.05, 3.63) is 42.1 Å². The number of nitrogens with two attached hydrogens (primary N) is 1. The molecule has 2 aromatic heterocycles. The van der Waals surface area contributed by atoms with E-state index >= 15 is 0 Å². The second kappa shape index (κ2) is 3.87. The van der Waals surface area contributed by atoms with Crippen LogP contribution < -0.4 is 5.73 Å². The lowest BCUT2D eigenvalue weighted by Gasteiger charge is -2.01. The van der Waals surface area contributed by atoms with Crippen molar-refractivity contribution in [1.82, 2.24) is 15.0 Å². The zero-order valence-corrected chi connectivity index (χ0v) is 7.75. The maximum absolute atomic E-state index is 11.0. The molecule has 0 saturated heterocycles. The van der Waals surface area contributed by atoms with E-state index < -0.39 is 5.91 Å². The van der Waals surface area contributed by atoms with E-state index in [1.54, 1.807) is 0 Å². The molecule has 0 spiro atoms. The van der Waals surface area contributed by atoms with Crippen molar-refractivity contribution >= 4 is 5.91 Å². The fourth-order valence-electron chi connectivity index (χ4n) is 1.20. The van der Waals surface area contributed by atoms with Crippen LogP contribution in [-0.2, 0) is 6.42 Å². The predicted molar refractivity (Wildman–Crippen MR) is 49.9 cm³/mol. The predicted octanol–water partition coefficient (Wildman–Crippen LogP) is 0.154. The van der Waals surface area contributed by atoms with E-state index in [9.17, 15) is 4.79 Å². The van der Waals surface area contributed by atoms with Gasteiger partial charge in [0.25, 0.3) is 5.91 Å². The highest BCUT2D eigenvalue weighted by Crippen LogP contribution is 2.07. The fraction of sp³-hybridized carbons (Fsp3) is 0.111. The van der Waals surface area contributed by atoms with Gasteiger partial charge in [0.15, 0.2) is 6.39 Å². The van der Waals surface area contributed by atoms with Crippen LogP contribution >= 0.6 is 0 Å². The Kier molecular flexibility index (Phi) is 2.40. The number of primary amides is 1. The van der Waals surface area contributed by atoms with E-state index in [0.717, 1.165) is 0 Å². The molecule has 2 heterocycles. The van der Waals surface area contributed by atoms with Crippen LogP contribution in [0.2, 0.25) is 0 Å². The van der Waals surface area contributed by atoms with E-state index in [-0.39, 0.29) is 5.69 Å². The van der Waals surface area contributed by atoms with Crippen molar-refractivity contribution in [2.75, 3.05) is 0 Å². The summed E-state index contributed by atoms with van der Waals surface area (Å²) < 4.78 is 4.81. The Balaban J connectivity index is 2.32. The molecular formula is C9H8N4O2. The number of carbonyl (C=O) groups is 1. The lowest BCUT2D eigenvalue weighted by atomic mass is 10.2. The van der Waals surface area contributed by atoms with E-state index in [1.807, 2.05) is 0 Å². The molecule has 0 unspecified atom stereocenters. The standard InChI is InChI=1S/C9H8N4O2/c10-9(14)8-7(11-1-2-12-8)3-6-4-15-5-13-6/h1-2,4-5H,3H2,(H2,10,14). The Morgan fingerprint density at radius 3 is 2.80 bits per heavy atom. The molecule has 0 bridgehead atoms. The van der Waals surface area contributed by atoms with Gasteiger partial charge in [0.1, 0.15) is 12.0 Å². The minimum Gasteiger partial charge on any atom is -0.451 e. The molecule has 0 radical (unpaired) electrons. The average molecular weight is 204 g/mol. The lowest BCUT2D eigenvalue weighted by molar-refractivity contribution is 0.0994. The Bertz CT molecular complexity index is 467. The largest absolute Gasteiger partial charge is 0.451 e. The summed E-state index contributed by atoms with van der Waals surface area (Å²) >= 11 is 0. The Labute approximate surface area is 85.2 Å². The van der Waals surface area contributed by atoms with Crippen molar-refractivity contribution in [3.8, 4) is 0 Å². The number of oxazole rings is 1. The van der Waals surface area contributed by atoms with Gasteiger partial charge in [-0.25, -0.2) is 9.97 Å². The van der Waals surface area contributed by atoms with E-state index in [0.29, 0.717) is 17.8 Å². The summed E-state index contributed by atoms with van der Waals surface area (Å²) in [6.07, 6.45) is 6.10. The molecule has 2 N–H and O–H groups in total. The summed E-state index contributed by atoms with van der Waals surface area (Å²) in [7, 11) is 0. The molecule has 0 aliphatic rings. The maximum atomic E-state index is 11.0. The summed E-state index contributed by atoms with van der Waals surface area (Å²) in [5.74, 6) is -0.596. The normalized spacial score (nSPS) is 10.1. The first-order valence-corrected chi connectivity index (χ1v) is 4.24. The zero-order valence-electron chi connectivity index (χ0n) is 7.75. The number of carbonyl (C=O) groups excluding carboxylic acids is 1. The van der Waals surface area contributed by atoms with Crippen molar-refractivity contribution in [2.24, 2.45) is 5.73 Å². The third-order valence-corrected chi connectivity index (χ3v) is 1.84. The molecule has 76 valence electrons. The van der Waals surface area contributed by atoms with Gasteiger partial charge in [-0.2, -0.15) is 0 Å². The minimum atomic E-state index is -0.596. The Hall–Kier alpha value is -2.24. The van der Waals surface area contributed by atoms with Crippen molar-refractivity contribution in [3.63, 3.8) is 0 Å². The molecule has 2 aromatic rings. The van der Waals surface area contributed by atoms with Crippen LogP contribution in [-0.4, -0.2) is 20.9 Å². The molecule has 1 amide bonds. The molecule has 0 aliphatic carbocycles. The molecule has 0 aromatic carbocycles. The van der Waals surface area contributed by atoms with Gasteiger partial charge < -0.3 is 10.2 Å². The summed E-state index contributed by atoms with van der Waals surface area (Å²) in [5.41, 5.74) is 6.50. The van der Waals surface area contributed by atoms with Crippen molar-refractivity contribution in [2.45, 2.75) is 6.42 Å². The minimum absolute atomic E-state index is 0.167. The smallest absolute Gasteiger partial charge is 0.269 e. The number of aromatic nitrogens is 3. The van der Waals surface area contributed by atoms with Crippen LogP contribution in [0.5, 0.6) is 0 Å². The molecular weight excluding hydrogens is 196 g/mol. The summed E-state index contributed by atoms with van der Waals surface area (Å²) in [5, 5.41) is 0. The quantitative estimate of drug-likeness (QED) is 0.768. The fourth-order valence-corrected chi connectivity index (χ4v) is 1.20. The molecule has 0 atom stereocenters. The van der Waals surface area contributed by atoms with Crippen molar-refractivity contribution < 1.29 is 9.21 Å². The van der Waals surface area contributed by atoms with Crippen LogP contribution in [0, 0.1) is 0 Å². The molecule has 2 rings (SSSR count). The SMILES string of the molecule is NC(=O)c1nccnc1Cc1cocn1. The number of hydrogen-bond acceptors (Lipinski definition) is 5. The Morgan fingerprint density at radius 1 is 1.33 bits per heavy atom. The van der Waals surface area contributed by atoms with E-state index in [4.69, 9.17) is 10.2 Å². The maximum Gasteiger partial charge on any atom is 0.269 e. The van der Waals surface area contributed by atoms with Crippen LogP contribution in [0.25, 0.3) is 0 Å². The van der Waals surface area contributed by atoms with Gasteiger partial charge >= 0.3 is 0 Å².